The van der Waals surface area contributed by atoms with Crippen LogP contribution in [0.15, 0.2) is 18.3 Å². The molecule has 0 spiro atoms. The average molecular weight is 361 g/mol. The van der Waals surface area contributed by atoms with E-state index in [1.54, 1.807) is 0 Å². The van der Waals surface area contributed by atoms with Crippen molar-refractivity contribution in [3.63, 3.8) is 0 Å². The number of rotatable bonds is 5. The molecule has 7 heteroatoms. The van der Waals surface area contributed by atoms with E-state index in [2.05, 4.69) is 5.10 Å². The van der Waals surface area contributed by atoms with Crippen molar-refractivity contribution < 1.29 is 19.0 Å². The van der Waals surface area contributed by atoms with Gasteiger partial charge in [0.2, 0.25) is 0 Å². The van der Waals surface area contributed by atoms with Gasteiger partial charge in [0.15, 0.2) is 0 Å². The van der Waals surface area contributed by atoms with E-state index in [1.807, 2.05) is 50.7 Å². The lowest BCUT2D eigenvalue weighted by Crippen LogP contribution is -2.33. The van der Waals surface area contributed by atoms with Gasteiger partial charge in [-0.25, -0.2) is 4.79 Å². The van der Waals surface area contributed by atoms with Crippen LogP contribution in [0.25, 0.3) is 10.9 Å². The molecule has 2 heterocycles. The molecule has 3 rings (SSSR count). The van der Waals surface area contributed by atoms with Gasteiger partial charge in [-0.2, -0.15) is 5.10 Å². The van der Waals surface area contributed by atoms with Crippen LogP contribution in [0.1, 0.15) is 33.3 Å². The lowest BCUT2D eigenvalue weighted by Gasteiger charge is -2.27. The number of benzene rings is 1. The molecule has 0 unspecified atom stereocenters. The number of ether oxygens (including phenoxy) is 3. The molecule has 2 N–H and O–H groups in total. The Bertz CT molecular complexity index is 792. The topological polar surface area (TPSA) is 88.6 Å². The predicted octanol–water partition coefficient (Wildman–Crippen LogP) is 2.05. The van der Waals surface area contributed by atoms with Crippen molar-refractivity contribution in [2.45, 2.75) is 58.4 Å². The fourth-order valence-electron chi connectivity index (χ4n) is 3.11. The Morgan fingerprint density at radius 1 is 1.46 bits per heavy atom. The minimum absolute atomic E-state index is 0.00215. The van der Waals surface area contributed by atoms with E-state index in [0.717, 1.165) is 22.2 Å². The van der Waals surface area contributed by atoms with Gasteiger partial charge in [-0.05, 0) is 39.8 Å². The molecule has 1 aliphatic rings. The molecule has 0 bridgehead atoms. The fraction of sp³-hybridized carbons (Fsp3) is 0.579. The first-order valence-electron chi connectivity index (χ1n) is 8.92. The molecule has 2 atom stereocenters. The van der Waals surface area contributed by atoms with E-state index >= 15 is 0 Å². The summed E-state index contributed by atoms with van der Waals surface area (Å²) >= 11 is 0. The van der Waals surface area contributed by atoms with Crippen LogP contribution >= 0.6 is 0 Å². The maximum Gasteiger partial charge on any atom is 0.332 e. The molecular formula is C19H27N3O4. The summed E-state index contributed by atoms with van der Waals surface area (Å²) in [6, 6.07) is 3.96. The van der Waals surface area contributed by atoms with Gasteiger partial charge in [0.25, 0.3) is 0 Å². The minimum Gasteiger partial charge on any atom is -0.491 e. The Morgan fingerprint density at radius 2 is 2.23 bits per heavy atom. The van der Waals surface area contributed by atoms with Crippen molar-refractivity contribution in [3.05, 3.63) is 23.9 Å². The van der Waals surface area contributed by atoms with Gasteiger partial charge in [0.05, 0.1) is 24.4 Å². The number of hydrogen-bond acceptors (Lipinski definition) is 6. The first kappa shape index (κ1) is 18.7. The summed E-state index contributed by atoms with van der Waals surface area (Å²) in [7, 11) is 0. The van der Waals surface area contributed by atoms with Gasteiger partial charge in [-0.1, -0.05) is 0 Å². The Labute approximate surface area is 153 Å². The van der Waals surface area contributed by atoms with Crippen LogP contribution < -0.4 is 10.5 Å². The van der Waals surface area contributed by atoms with Gasteiger partial charge < -0.3 is 19.9 Å². The number of carbonyl (C=O) groups is 1. The maximum atomic E-state index is 11.9. The molecule has 0 amide bonds. The van der Waals surface area contributed by atoms with Crippen LogP contribution in [0.4, 0.5) is 0 Å². The van der Waals surface area contributed by atoms with Crippen LogP contribution in [-0.2, 0) is 27.2 Å². The van der Waals surface area contributed by atoms with Gasteiger partial charge >= 0.3 is 5.97 Å². The third-order valence-corrected chi connectivity index (χ3v) is 4.04. The highest BCUT2D eigenvalue weighted by molar-refractivity contribution is 5.84. The fourth-order valence-corrected chi connectivity index (χ4v) is 3.11. The zero-order valence-electron chi connectivity index (χ0n) is 15.8. The summed E-state index contributed by atoms with van der Waals surface area (Å²) in [5.41, 5.74) is 7.48. The molecule has 1 aromatic heterocycles. The molecule has 142 valence electrons. The predicted molar refractivity (Wildman–Crippen MR) is 98.2 cm³/mol. The summed E-state index contributed by atoms with van der Waals surface area (Å²) in [5.74, 6) is 0.463. The van der Waals surface area contributed by atoms with Crippen molar-refractivity contribution >= 4 is 16.9 Å². The van der Waals surface area contributed by atoms with Crippen molar-refractivity contribution in [1.82, 2.24) is 9.78 Å². The van der Waals surface area contributed by atoms with Gasteiger partial charge in [0, 0.05) is 23.4 Å². The second-order valence-corrected chi connectivity index (χ2v) is 7.82. The zero-order chi connectivity index (χ0) is 18.9. The van der Waals surface area contributed by atoms with E-state index in [0.29, 0.717) is 19.6 Å². The van der Waals surface area contributed by atoms with Crippen LogP contribution in [0.3, 0.4) is 0 Å². The number of aromatic nitrogens is 2. The van der Waals surface area contributed by atoms with Gasteiger partial charge in [-0.15, -0.1) is 0 Å². The molecule has 0 saturated heterocycles. The van der Waals surface area contributed by atoms with E-state index in [9.17, 15) is 4.79 Å². The van der Waals surface area contributed by atoms with Crippen LogP contribution in [0.2, 0.25) is 0 Å². The summed E-state index contributed by atoms with van der Waals surface area (Å²) < 4.78 is 18.8. The second-order valence-electron chi connectivity index (χ2n) is 7.82. The molecule has 0 aliphatic carbocycles. The molecule has 0 radical (unpaired) electrons. The largest absolute Gasteiger partial charge is 0.491 e. The lowest BCUT2D eigenvalue weighted by atomic mass is 10.0. The van der Waals surface area contributed by atoms with Crippen molar-refractivity contribution in [1.29, 1.82) is 0 Å². The maximum absolute atomic E-state index is 11.9. The average Bonchev–Trinajstić information content (AvgIpc) is 2.94. The van der Waals surface area contributed by atoms with Crippen LogP contribution in [0, 0.1) is 0 Å². The Balaban J connectivity index is 1.74. The monoisotopic (exact) mass is 361 g/mol. The molecule has 0 saturated carbocycles. The minimum atomic E-state index is -0.520. The van der Waals surface area contributed by atoms with E-state index < -0.39 is 5.60 Å². The number of esters is 1. The molecule has 1 aromatic carbocycles. The summed E-state index contributed by atoms with van der Waals surface area (Å²) in [4.78, 5) is 11.9. The Hall–Kier alpha value is -2.12. The quantitative estimate of drug-likeness (QED) is 0.820. The molecule has 1 aliphatic heterocycles. The molecule has 2 aromatic rings. The summed E-state index contributed by atoms with van der Waals surface area (Å²) in [6.07, 6.45) is 2.28. The van der Waals surface area contributed by atoms with E-state index in [1.165, 1.54) is 0 Å². The molecule has 26 heavy (non-hydrogen) atoms. The second kappa shape index (κ2) is 7.25. The van der Waals surface area contributed by atoms with Crippen molar-refractivity contribution in [2.75, 3.05) is 13.2 Å². The standard InChI is InChI=1S/C19H27N3O4/c1-12(20)9-22-18-13(8-21-22)5-6-16-15(18)7-14(10-25-16)24-11-17(23)26-19(2,3)4/h5-6,8,12,14H,7,9-11,20H2,1-4H3/t12-,14+/m0/s1. The highest BCUT2D eigenvalue weighted by Gasteiger charge is 2.26. The SMILES string of the molecule is C[C@H](N)Cn1ncc2ccc3c(c21)C[C@@H](OCC(=O)OC(C)(C)C)CO3. The first-order valence-corrected chi connectivity index (χ1v) is 8.92. The number of nitrogens with zero attached hydrogens (tertiary/aromatic N) is 2. The van der Waals surface area contributed by atoms with Gasteiger partial charge in [-0.3, -0.25) is 4.68 Å². The summed E-state index contributed by atoms with van der Waals surface area (Å²) in [5, 5.41) is 5.49. The van der Waals surface area contributed by atoms with Gasteiger partial charge in [0.1, 0.15) is 24.6 Å². The molecule has 7 nitrogen and oxygen atoms in total. The number of nitrogens with two attached hydrogens (primary N) is 1. The number of hydrogen-bond donors (Lipinski definition) is 1. The Morgan fingerprint density at radius 3 is 2.92 bits per heavy atom. The highest BCUT2D eigenvalue weighted by atomic mass is 16.6. The molecule has 0 fully saturated rings. The smallest absolute Gasteiger partial charge is 0.332 e. The highest BCUT2D eigenvalue weighted by Crippen LogP contribution is 2.33. The Kier molecular flexibility index (Phi) is 5.20. The lowest BCUT2D eigenvalue weighted by molar-refractivity contribution is -0.163. The summed E-state index contributed by atoms with van der Waals surface area (Å²) in [6.45, 7) is 8.40. The normalized spacial score (nSPS) is 18.3. The zero-order valence-corrected chi connectivity index (χ0v) is 15.8. The number of fused-ring (bicyclic) bond motifs is 3. The van der Waals surface area contributed by atoms with Crippen molar-refractivity contribution in [3.8, 4) is 5.75 Å². The first-order chi connectivity index (χ1) is 12.2. The number of carbonyl (C=O) groups excluding carboxylic acids is 1. The van der Waals surface area contributed by atoms with Crippen LogP contribution in [0.5, 0.6) is 5.75 Å². The van der Waals surface area contributed by atoms with E-state index in [-0.39, 0.29) is 24.7 Å². The van der Waals surface area contributed by atoms with E-state index in [4.69, 9.17) is 19.9 Å². The molecular weight excluding hydrogens is 334 g/mol. The van der Waals surface area contributed by atoms with Crippen LogP contribution in [-0.4, -0.2) is 46.7 Å². The third kappa shape index (κ3) is 4.34. The van der Waals surface area contributed by atoms with Crippen molar-refractivity contribution in [2.24, 2.45) is 5.73 Å². The third-order valence-electron chi connectivity index (χ3n) is 4.04.